The van der Waals surface area contributed by atoms with E-state index in [-0.39, 0.29) is 36.0 Å². The van der Waals surface area contributed by atoms with Gasteiger partial charge in [0.05, 0.1) is 5.56 Å². The highest BCUT2D eigenvalue weighted by molar-refractivity contribution is 6.03. The fraction of sp³-hybridized carbons (Fsp3) is 0.292. The van der Waals surface area contributed by atoms with Gasteiger partial charge in [0.15, 0.2) is 0 Å². The molecule has 0 atom stereocenters. The van der Waals surface area contributed by atoms with Crippen LogP contribution in [0.2, 0.25) is 0 Å². The summed E-state index contributed by atoms with van der Waals surface area (Å²) in [6, 6.07) is 10.4. The number of aryl methyl sites for hydroxylation is 1. The van der Waals surface area contributed by atoms with Crippen LogP contribution in [0.3, 0.4) is 0 Å². The van der Waals surface area contributed by atoms with Gasteiger partial charge in [0, 0.05) is 24.4 Å². The largest absolute Gasteiger partial charge is 0.416 e. The number of anilines is 1. The zero-order chi connectivity index (χ0) is 24.5. The first-order chi connectivity index (χ1) is 15.4. The van der Waals surface area contributed by atoms with Gasteiger partial charge in [-0.15, -0.1) is 0 Å². The lowest BCUT2D eigenvalue weighted by Crippen LogP contribution is -2.15. The number of halogens is 3. The van der Waals surface area contributed by atoms with Crippen molar-refractivity contribution in [3.8, 4) is 11.3 Å². The monoisotopic (exact) mass is 458 g/mol. The summed E-state index contributed by atoms with van der Waals surface area (Å²) in [5, 5.41) is 4.42. The van der Waals surface area contributed by atoms with E-state index < -0.39 is 17.6 Å². The molecule has 1 heterocycles. The molecule has 174 valence electrons. The Hall–Kier alpha value is -3.62. The predicted octanol–water partition coefficient (Wildman–Crippen LogP) is 4.49. The minimum Gasteiger partial charge on any atom is -0.383 e. The Morgan fingerprint density at radius 2 is 1.64 bits per heavy atom. The first-order valence-corrected chi connectivity index (χ1v) is 10.3. The molecule has 0 saturated carbocycles. The molecular formula is C24H25F3N4O2. The number of benzene rings is 2. The summed E-state index contributed by atoms with van der Waals surface area (Å²) in [5.74, 6) is -0.721. The van der Waals surface area contributed by atoms with Crippen molar-refractivity contribution in [3.63, 3.8) is 0 Å². The number of primary amides is 1. The van der Waals surface area contributed by atoms with Gasteiger partial charge in [0.2, 0.25) is 0 Å². The molecule has 0 aliphatic heterocycles. The number of Topliss-reactive ketones (excluding diaryl/α,β-unsaturated/α-hetero) is 1. The van der Waals surface area contributed by atoms with E-state index in [9.17, 15) is 22.8 Å². The number of nitrogens with zero attached hydrogens (tertiary/aromatic N) is 2. The molecule has 1 aromatic heterocycles. The number of hydrogen-bond acceptors (Lipinski definition) is 4. The van der Waals surface area contributed by atoms with Gasteiger partial charge >= 0.3 is 6.18 Å². The number of carbonyl (C=O) groups is 2. The van der Waals surface area contributed by atoms with E-state index in [1.165, 1.54) is 4.68 Å². The summed E-state index contributed by atoms with van der Waals surface area (Å²) in [6.45, 7) is 5.31. The topological polar surface area (TPSA) is 104 Å². The van der Waals surface area contributed by atoms with Gasteiger partial charge in [-0.3, -0.25) is 9.59 Å². The standard InChI is InChI=1S/C24H25F3N4O2/c1-13(2)31-22(28)20(23(29)33)21(30-31)17-6-4-15(5-7-17)11-19(32)12-16-8-14(3)9-18(10-16)24(25,26)27/h4-10,13H,11-12,28H2,1-3H3,(H2,29,33). The first kappa shape index (κ1) is 24.0. The molecule has 2 aromatic carbocycles. The third kappa shape index (κ3) is 5.42. The molecule has 3 aromatic rings. The fourth-order valence-electron chi connectivity index (χ4n) is 3.71. The van der Waals surface area contributed by atoms with Gasteiger partial charge in [0.1, 0.15) is 22.9 Å². The van der Waals surface area contributed by atoms with Crippen LogP contribution in [0, 0.1) is 6.92 Å². The number of amides is 1. The lowest BCUT2D eigenvalue weighted by Gasteiger charge is -2.10. The number of aromatic nitrogens is 2. The molecule has 9 heteroatoms. The molecule has 1 amide bonds. The van der Waals surface area contributed by atoms with Crippen LogP contribution in [0.4, 0.5) is 19.0 Å². The van der Waals surface area contributed by atoms with Crippen molar-refractivity contribution >= 4 is 17.5 Å². The maximum absolute atomic E-state index is 13.0. The lowest BCUT2D eigenvalue weighted by molar-refractivity contribution is -0.137. The molecule has 0 aliphatic rings. The Kier molecular flexibility index (Phi) is 6.62. The summed E-state index contributed by atoms with van der Waals surface area (Å²) in [6.07, 6.45) is -4.51. The minimum atomic E-state index is -4.46. The van der Waals surface area contributed by atoms with Crippen LogP contribution < -0.4 is 11.5 Å². The van der Waals surface area contributed by atoms with Crippen molar-refractivity contribution < 1.29 is 22.8 Å². The molecule has 0 fully saturated rings. The lowest BCUT2D eigenvalue weighted by atomic mass is 9.98. The average Bonchev–Trinajstić information content (AvgIpc) is 3.05. The third-order valence-corrected chi connectivity index (χ3v) is 5.18. The van der Waals surface area contributed by atoms with E-state index >= 15 is 0 Å². The molecular weight excluding hydrogens is 433 g/mol. The number of alkyl halides is 3. The van der Waals surface area contributed by atoms with Crippen molar-refractivity contribution in [2.24, 2.45) is 5.73 Å². The van der Waals surface area contributed by atoms with Gasteiger partial charge in [-0.1, -0.05) is 35.9 Å². The van der Waals surface area contributed by atoms with Gasteiger partial charge in [-0.25, -0.2) is 4.68 Å². The van der Waals surface area contributed by atoms with E-state index in [2.05, 4.69) is 5.10 Å². The summed E-state index contributed by atoms with van der Waals surface area (Å²) < 4.78 is 40.6. The van der Waals surface area contributed by atoms with E-state index in [0.29, 0.717) is 27.9 Å². The second kappa shape index (κ2) is 9.09. The normalized spacial score (nSPS) is 11.7. The molecule has 6 nitrogen and oxygen atoms in total. The Morgan fingerprint density at radius 3 is 2.18 bits per heavy atom. The fourth-order valence-corrected chi connectivity index (χ4v) is 3.71. The molecule has 0 aliphatic carbocycles. The number of rotatable bonds is 7. The molecule has 0 spiro atoms. The highest BCUT2D eigenvalue weighted by Gasteiger charge is 2.31. The second-order valence-corrected chi connectivity index (χ2v) is 8.31. The zero-order valence-corrected chi connectivity index (χ0v) is 18.5. The number of nitrogen functional groups attached to an aromatic ring is 1. The first-order valence-electron chi connectivity index (χ1n) is 10.3. The number of ketones is 1. The highest BCUT2D eigenvalue weighted by atomic mass is 19.4. The Bertz CT molecular complexity index is 1200. The van der Waals surface area contributed by atoms with Gasteiger partial charge in [0.25, 0.3) is 5.91 Å². The zero-order valence-electron chi connectivity index (χ0n) is 18.5. The highest BCUT2D eigenvalue weighted by Crippen LogP contribution is 2.31. The summed E-state index contributed by atoms with van der Waals surface area (Å²) >= 11 is 0. The Morgan fingerprint density at radius 1 is 1.03 bits per heavy atom. The summed E-state index contributed by atoms with van der Waals surface area (Å²) in [5.41, 5.74) is 13.3. The quantitative estimate of drug-likeness (QED) is 0.544. The van der Waals surface area contributed by atoms with Crippen LogP contribution in [0.15, 0.2) is 42.5 Å². The molecule has 0 radical (unpaired) electrons. The van der Waals surface area contributed by atoms with Gasteiger partial charge < -0.3 is 11.5 Å². The number of carbonyl (C=O) groups excluding carboxylic acids is 2. The van der Waals surface area contributed by atoms with E-state index in [1.807, 2.05) is 13.8 Å². The molecule has 0 unspecified atom stereocenters. The summed E-state index contributed by atoms with van der Waals surface area (Å²) in [4.78, 5) is 24.4. The molecule has 3 rings (SSSR count). The SMILES string of the molecule is Cc1cc(CC(=O)Cc2ccc(-c3nn(C(C)C)c(N)c3C(N)=O)cc2)cc(C(F)(F)F)c1. The molecule has 0 bridgehead atoms. The minimum absolute atomic E-state index is 0.0564. The van der Waals surface area contributed by atoms with Crippen molar-refractivity contribution in [1.29, 1.82) is 0 Å². The van der Waals surface area contributed by atoms with Crippen molar-refractivity contribution in [1.82, 2.24) is 9.78 Å². The molecule has 4 N–H and O–H groups in total. The van der Waals surface area contributed by atoms with Crippen molar-refractivity contribution in [2.45, 2.75) is 45.8 Å². The van der Waals surface area contributed by atoms with Crippen molar-refractivity contribution in [3.05, 3.63) is 70.3 Å². The maximum atomic E-state index is 13.0. The van der Waals surface area contributed by atoms with Crippen LogP contribution in [0.1, 0.15) is 52.5 Å². The van der Waals surface area contributed by atoms with Crippen LogP contribution >= 0.6 is 0 Å². The third-order valence-electron chi connectivity index (χ3n) is 5.18. The number of nitrogens with two attached hydrogens (primary N) is 2. The van der Waals surface area contributed by atoms with Crippen LogP contribution in [0.25, 0.3) is 11.3 Å². The average molecular weight is 458 g/mol. The van der Waals surface area contributed by atoms with E-state index in [1.54, 1.807) is 37.3 Å². The summed E-state index contributed by atoms with van der Waals surface area (Å²) in [7, 11) is 0. The van der Waals surface area contributed by atoms with Gasteiger partial charge in [-0.2, -0.15) is 18.3 Å². The molecule has 33 heavy (non-hydrogen) atoms. The second-order valence-electron chi connectivity index (χ2n) is 8.31. The number of hydrogen-bond donors (Lipinski definition) is 2. The van der Waals surface area contributed by atoms with Crippen LogP contribution in [-0.4, -0.2) is 21.5 Å². The van der Waals surface area contributed by atoms with E-state index in [4.69, 9.17) is 11.5 Å². The van der Waals surface area contributed by atoms with Crippen LogP contribution in [-0.2, 0) is 23.8 Å². The molecule has 0 saturated heterocycles. The van der Waals surface area contributed by atoms with Crippen LogP contribution in [0.5, 0.6) is 0 Å². The van der Waals surface area contributed by atoms with Crippen molar-refractivity contribution in [2.75, 3.05) is 5.73 Å². The Labute approximate surface area is 189 Å². The Balaban J connectivity index is 1.78. The maximum Gasteiger partial charge on any atom is 0.416 e. The van der Waals surface area contributed by atoms with Gasteiger partial charge in [-0.05, 0) is 44.0 Å². The smallest absolute Gasteiger partial charge is 0.383 e. The van der Waals surface area contributed by atoms with E-state index in [0.717, 1.165) is 12.1 Å². The predicted molar refractivity (Wildman–Crippen MR) is 120 cm³/mol.